The summed E-state index contributed by atoms with van der Waals surface area (Å²) in [6, 6.07) is 3.15. The van der Waals surface area contributed by atoms with Crippen LogP contribution in [-0.2, 0) is 0 Å². The van der Waals surface area contributed by atoms with Gasteiger partial charge in [-0.3, -0.25) is 10.1 Å². The fraction of sp³-hybridized carbons (Fsp3) is 0.583. The molecule has 1 N–H and O–H groups in total. The Labute approximate surface area is 107 Å². The Kier molecular flexibility index (Phi) is 5.03. The van der Waals surface area contributed by atoms with Gasteiger partial charge in [-0.2, -0.15) is 0 Å². The van der Waals surface area contributed by atoms with Gasteiger partial charge in [-0.1, -0.05) is 13.8 Å². The molecule has 100 valence electrons. The quantitative estimate of drug-likeness (QED) is 0.619. The molecule has 1 aromatic rings. The Morgan fingerprint density at radius 1 is 1.50 bits per heavy atom. The highest BCUT2D eigenvalue weighted by Crippen LogP contribution is 2.22. The number of hydrogen-bond donors (Lipinski definition) is 1. The van der Waals surface area contributed by atoms with Crippen LogP contribution in [0.2, 0.25) is 0 Å². The molecule has 0 aromatic carbocycles. The number of hydrogen-bond acceptors (Lipinski definition) is 5. The lowest BCUT2D eigenvalue weighted by atomic mass is 10.0. The molecule has 0 spiro atoms. The van der Waals surface area contributed by atoms with Crippen molar-refractivity contribution in [1.82, 2.24) is 9.88 Å². The molecule has 0 saturated heterocycles. The lowest BCUT2D eigenvalue weighted by molar-refractivity contribution is -0.384. The fourth-order valence-electron chi connectivity index (χ4n) is 1.65. The first kappa shape index (κ1) is 14.4. The van der Waals surface area contributed by atoms with Crippen molar-refractivity contribution in [2.75, 3.05) is 26.0 Å². The third-order valence-corrected chi connectivity index (χ3v) is 2.67. The van der Waals surface area contributed by atoms with E-state index in [0.717, 1.165) is 6.54 Å². The topological polar surface area (TPSA) is 71.3 Å². The number of anilines is 1. The van der Waals surface area contributed by atoms with E-state index >= 15 is 0 Å². The Morgan fingerprint density at radius 2 is 2.17 bits per heavy atom. The van der Waals surface area contributed by atoms with E-state index in [1.165, 1.54) is 6.07 Å². The number of nitro groups is 1. The molecule has 18 heavy (non-hydrogen) atoms. The molecule has 1 atom stereocenters. The van der Waals surface area contributed by atoms with Crippen molar-refractivity contribution in [3.63, 3.8) is 0 Å². The zero-order valence-electron chi connectivity index (χ0n) is 11.3. The van der Waals surface area contributed by atoms with E-state index in [-0.39, 0.29) is 11.7 Å². The van der Waals surface area contributed by atoms with Crippen molar-refractivity contribution in [3.8, 4) is 0 Å². The second kappa shape index (κ2) is 6.30. The highest BCUT2D eigenvalue weighted by atomic mass is 16.6. The Morgan fingerprint density at radius 3 is 2.67 bits per heavy atom. The molecular formula is C12H20N4O2. The van der Waals surface area contributed by atoms with Crippen LogP contribution in [0.4, 0.5) is 11.5 Å². The highest BCUT2D eigenvalue weighted by Gasteiger charge is 2.20. The van der Waals surface area contributed by atoms with E-state index in [2.05, 4.69) is 24.1 Å². The summed E-state index contributed by atoms with van der Waals surface area (Å²) in [4.78, 5) is 16.6. The van der Waals surface area contributed by atoms with Crippen LogP contribution >= 0.6 is 0 Å². The minimum atomic E-state index is -0.414. The summed E-state index contributed by atoms with van der Waals surface area (Å²) in [7, 11) is 3.95. The fourth-order valence-corrected chi connectivity index (χ4v) is 1.65. The predicted octanol–water partition coefficient (Wildman–Crippen LogP) is 1.99. The molecule has 1 unspecified atom stereocenters. The summed E-state index contributed by atoms with van der Waals surface area (Å²) < 4.78 is 0. The maximum atomic E-state index is 10.9. The van der Waals surface area contributed by atoms with Crippen LogP contribution in [0, 0.1) is 16.0 Å². The maximum absolute atomic E-state index is 10.9. The van der Waals surface area contributed by atoms with Gasteiger partial charge < -0.3 is 10.2 Å². The molecule has 6 heteroatoms. The SMILES string of the molecule is CC(C)C(CN(C)C)Nc1ncccc1[N+](=O)[O-]. The number of aromatic nitrogens is 1. The number of nitrogens with one attached hydrogen (secondary N) is 1. The molecule has 6 nitrogen and oxygen atoms in total. The first-order valence-corrected chi connectivity index (χ1v) is 5.92. The summed E-state index contributed by atoms with van der Waals surface area (Å²) in [5, 5.41) is 14.1. The molecule has 0 aliphatic heterocycles. The van der Waals surface area contributed by atoms with E-state index in [1.54, 1.807) is 12.3 Å². The Bertz CT molecular complexity index is 407. The molecule has 1 rings (SSSR count). The molecule has 0 radical (unpaired) electrons. The Hall–Kier alpha value is -1.69. The van der Waals surface area contributed by atoms with Gasteiger partial charge in [-0.05, 0) is 26.1 Å². The van der Waals surface area contributed by atoms with Crippen LogP contribution in [0.3, 0.4) is 0 Å². The zero-order chi connectivity index (χ0) is 13.7. The van der Waals surface area contributed by atoms with Crippen LogP contribution in [0.1, 0.15) is 13.8 Å². The predicted molar refractivity (Wildman–Crippen MR) is 71.7 cm³/mol. The summed E-state index contributed by atoms with van der Waals surface area (Å²) in [5.41, 5.74) is 0.0157. The summed E-state index contributed by atoms with van der Waals surface area (Å²) in [6.07, 6.45) is 1.56. The second-order valence-corrected chi connectivity index (χ2v) is 4.89. The van der Waals surface area contributed by atoms with E-state index in [0.29, 0.717) is 11.7 Å². The third-order valence-electron chi connectivity index (χ3n) is 2.67. The minimum absolute atomic E-state index is 0.0157. The smallest absolute Gasteiger partial charge is 0.311 e. The summed E-state index contributed by atoms with van der Waals surface area (Å²) >= 11 is 0. The van der Waals surface area contributed by atoms with Crippen LogP contribution < -0.4 is 5.32 Å². The van der Waals surface area contributed by atoms with Gasteiger partial charge in [0, 0.05) is 24.8 Å². The van der Waals surface area contributed by atoms with Gasteiger partial charge in [0.15, 0.2) is 0 Å². The molecule has 0 saturated carbocycles. The molecule has 1 heterocycles. The van der Waals surface area contributed by atoms with Crippen molar-refractivity contribution in [2.45, 2.75) is 19.9 Å². The van der Waals surface area contributed by atoms with Crippen molar-refractivity contribution in [2.24, 2.45) is 5.92 Å². The van der Waals surface area contributed by atoms with Gasteiger partial charge in [-0.15, -0.1) is 0 Å². The van der Waals surface area contributed by atoms with Crippen LogP contribution in [0.5, 0.6) is 0 Å². The zero-order valence-corrected chi connectivity index (χ0v) is 11.3. The molecule has 0 aliphatic rings. The van der Waals surface area contributed by atoms with E-state index in [1.807, 2.05) is 19.0 Å². The van der Waals surface area contributed by atoms with Gasteiger partial charge >= 0.3 is 5.69 Å². The molecule has 0 bridgehead atoms. The normalized spacial score (nSPS) is 12.8. The Balaban J connectivity index is 2.90. The first-order valence-electron chi connectivity index (χ1n) is 5.92. The van der Waals surface area contributed by atoms with Crippen LogP contribution in [0.15, 0.2) is 18.3 Å². The summed E-state index contributed by atoms with van der Waals surface area (Å²) in [6.45, 7) is 4.96. The number of likely N-dealkylation sites (N-methyl/N-ethyl adjacent to an activating group) is 1. The number of pyridine rings is 1. The summed E-state index contributed by atoms with van der Waals surface area (Å²) in [5.74, 6) is 0.692. The van der Waals surface area contributed by atoms with Crippen molar-refractivity contribution < 1.29 is 4.92 Å². The van der Waals surface area contributed by atoms with Crippen molar-refractivity contribution in [1.29, 1.82) is 0 Å². The maximum Gasteiger partial charge on any atom is 0.311 e. The number of nitrogens with zero attached hydrogens (tertiary/aromatic N) is 3. The largest absolute Gasteiger partial charge is 0.360 e. The monoisotopic (exact) mass is 252 g/mol. The van der Waals surface area contributed by atoms with Crippen molar-refractivity contribution in [3.05, 3.63) is 28.4 Å². The lowest BCUT2D eigenvalue weighted by Gasteiger charge is -2.25. The highest BCUT2D eigenvalue weighted by molar-refractivity contribution is 5.55. The molecule has 1 aromatic heterocycles. The molecule has 0 aliphatic carbocycles. The minimum Gasteiger partial charge on any atom is -0.360 e. The average molecular weight is 252 g/mol. The molecular weight excluding hydrogens is 232 g/mol. The van der Waals surface area contributed by atoms with Gasteiger partial charge in [0.05, 0.1) is 4.92 Å². The van der Waals surface area contributed by atoms with Gasteiger partial charge in [0.2, 0.25) is 5.82 Å². The third kappa shape index (κ3) is 3.96. The van der Waals surface area contributed by atoms with Crippen LogP contribution in [0.25, 0.3) is 0 Å². The lowest BCUT2D eigenvalue weighted by Crippen LogP contribution is -2.36. The average Bonchev–Trinajstić information content (AvgIpc) is 2.27. The van der Waals surface area contributed by atoms with E-state index in [9.17, 15) is 10.1 Å². The number of rotatable bonds is 6. The van der Waals surface area contributed by atoms with Crippen molar-refractivity contribution >= 4 is 11.5 Å². The van der Waals surface area contributed by atoms with E-state index in [4.69, 9.17) is 0 Å². The van der Waals surface area contributed by atoms with Gasteiger partial charge in [0.25, 0.3) is 0 Å². The second-order valence-electron chi connectivity index (χ2n) is 4.89. The molecule has 0 amide bonds. The first-order chi connectivity index (χ1) is 8.41. The van der Waals surface area contributed by atoms with Crippen LogP contribution in [-0.4, -0.2) is 41.5 Å². The van der Waals surface area contributed by atoms with Gasteiger partial charge in [-0.25, -0.2) is 4.98 Å². The van der Waals surface area contributed by atoms with Gasteiger partial charge in [0.1, 0.15) is 0 Å². The molecule has 0 fully saturated rings. The van der Waals surface area contributed by atoms with E-state index < -0.39 is 4.92 Å². The standard InChI is InChI=1S/C12H20N4O2/c1-9(2)10(8-15(3)4)14-12-11(16(17)18)6-5-7-13-12/h5-7,9-10H,8H2,1-4H3,(H,13,14).